The Labute approximate surface area is 227 Å². The Bertz CT molecular complexity index is 1110. The fourth-order valence-corrected chi connectivity index (χ4v) is 8.24. The molecule has 0 aromatic rings. The van der Waals surface area contributed by atoms with Crippen molar-refractivity contribution < 1.29 is 54.4 Å². The summed E-state index contributed by atoms with van der Waals surface area (Å²) in [6.45, 7) is 7.92. The summed E-state index contributed by atoms with van der Waals surface area (Å²) in [5, 5.41) is 64.5. The molecule has 0 aromatic heterocycles. The lowest BCUT2D eigenvalue weighted by molar-refractivity contribution is -0.299. The van der Waals surface area contributed by atoms with E-state index >= 15 is 0 Å². The average Bonchev–Trinajstić information content (AvgIpc) is 3.25. The summed E-state index contributed by atoms with van der Waals surface area (Å²) in [6, 6.07) is 0. The molecule has 11 nitrogen and oxygen atoms in total. The maximum Gasteiger partial charge on any atom is 0.303 e. The maximum atomic E-state index is 13.3. The third-order valence-corrected chi connectivity index (χ3v) is 10.3. The molecule has 0 aromatic carbocycles. The number of carbonyl (C=O) groups is 2. The van der Waals surface area contributed by atoms with Crippen molar-refractivity contribution in [2.75, 3.05) is 13.2 Å². The first kappa shape index (κ1) is 28.8. The average molecular weight is 553 g/mol. The van der Waals surface area contributed by atoms with Crippen molar-refractivity contribution in [2.24, 2.45) is 29.1 Å². The van der Waals surface area contributed by atoms with E-state index in [0.29, 0.717) is 17.6 Å². The quantitative estimate of drug-likeness (QED) is 0.188. The third kappa shape index (κ3) is 3.85. The highest BCUT2D eigenvalue weighted by atomic mass is 16.7. The van der Waals surface area contributed by atoms with Crippen LogP contribution in [-0.2, 0) is 23.8 Å². The summed E-state index contributed by atoms with van der Waals surface area (Å²) >= 11 is 0. The first-order valence-electron chi connectivity index (χ1n) is 13.6. The zero-order valence-corrected chi connectivity index (χ0v) is 22.9. The molecule has 0 bridgehead atoms. The fourth-order valence-electron chi connectivity index (χ4n) is 8.24. The van der Waals surface area contributed by atoms with Crippen molar-refractivity contribution in [3.63, 3.8) is 0 Å². The molecule has 5 aliphatic rings. The van der Waals surface area contributed by atoms with Crippen LogP contribution in [0.3, 0.4) is 0 Å². The minimum Gasteiger partial charge on any atom is -0.458 e. The Hall–Kier alpha value is -1.70. The summed E-state index contributed by atoms with van der Waals surface area (Å²) in [5.74, 6) is -3.18. The Morgan fingerprint density at radius 2 is 1.79 bits per heavy atom. The second-order valence-corrected chi connectivity index (χ2v) is 12.8. The van der Waals surface area contributed by atoms with E-state index in [1.165, 1.54) is 6.92 Å². The van der Waals surface area contributed by atoms with Gasteiger partial charge in [-0.05, 0) is 30.4 Å². The van der Waals surface area contributed by atoms with Gasteiger partial charge < -0.3 is 44.8 Å². The van der Waals surface area contributed by atoms with E-state index < -0.39 is 89.0 Å². The molecule has 0 unspecified atom stereocenters. The van der Waals surface area contributed by atoms with Gasteiger partial charge in [-0.1, -0.05) is 32.9 Å². The van der Waals surface area contributed by atoms with Crippen LogP contribution in [0.4, 0.5) is 0 Å². The van der Waals surface area contributed by atoms with Gasteiger partial charge in [0.1, 0.15) is 35.6 Å². The van der Waals surface area contributed by atoms with Gasteiger partial charge in [-0.2, -0.15) is 0 Å². The Balaban J connectivity index is 1.53. The molecule has 0 spiro atoms. The number of ether oxygens (including phenoxy) is 3. The lowest BCUT2D eigenvalue weighted by Crippen LogP contribution is -2.61. The van der Waals surface area contributed by atoms with Crippen LogP contribution in [0.15, 0.2) is 23.3 Å². The minimum absolute atomic E-state index is 0.152. The molecule has 0 amide bonds. The third-order valence-electron chi connectivity index (χ3n) is 10.3. The minimum atomic E-state index is -1.94. The van der Waals surface area contributed by atoms with Gasteiger partial charge in [0, 0.05) is 36.5 Å². The molecule has 1 saturated heterocycles. The van der Waals surface area contributed by atoms with Gasteiger partial charge in [-0.15, -0.1) is 0 Å². The summed E-state index contributed by atoms with van der Waals surface area (Å²) in [5.41, 5.74) is -3.97. The first-order valence-corrected chi connectivity index (χ1v) is 13.6. The van der Waals surface area contributed by atoms with Gasteiger partial charge in [0.15, 0.2) is 12.1 Å². The van der Waals surface area contributed by atoms with Crippen molar-refractivity contribution in [2.45, 2.75) is 95.0 Å². The number of aliphatic hydroxyl groups excluding tert-OH is 4. The number of aliphatic hydroxyl groups is 6. The number of hydrogen-bond donors (Lipinski definition) is 6. The van der Waals surface area contributed by atoms with E-state index in [0.717, 1.165) is 0 Å². The molecule has 6 N–H and O–H groups in total. The maximum absolute atomic E-state index is 13.3. The molecule has 4 aliphatic carbocycles. The van der Waals surface area contributed by atoms with E-state index in [1.54, 1.807) is 19.1 Å². The smallest absolute Gasteiger partial charge is 0.303 e. The molecule has 5 rings (SSSR count). The summed E-state index contributed by atoms with van der Waals surface area (Å²) in [7, 11) is 0. The largest absolute Gasteiger partial charge is 0.458 e. The molecule has 218 valence electrons. The van der Waals surface area contributed by atoms with E-state index in [4.69, 9.17) is 14.2 Å². The molecule has 0 radical (unpaired) electrons. The normalized spacial score (nSPS) is 50.1. The highest BCUT2D eigenvalue weighted by molar-refractivity contribution is 6.04. The van der Waals surface area contributed by atoms with Gasteiger partial charge in [0.2, 0.25) is 0 Å². The van der Waals surface area contributed by atoms with E-state index in [-0.39, 0.29) is 18.9 Å². The predicted octanol–water partition coefficient (Wildman–Crippen LogP) is -0.646. The summed E-state index contributed by atoms with van der Waals surface area (Å²) in [6.07, 6.45) is -3.69. The molecule has 39 heavy (non-hydrogen) atoms. The van der Waals surface area contributed by atoms with Gasteiger partial charge in [0.05, 0.1) is 18.8 Å². The van der Waals surface area contributed by atoms with Crippen LogP contribution in [0, 0.1) is 29.1 Å². The molecule has 11 heteroatoms. The van der Waals surface area contributed by atoms with Crippen LogP contribution in [-0.4, -0.2) is 103 Å². The predicted molar refractivity (Wildman–Crippen MR) is 134 cm³/mol. The standard InChI is InChI=1S/C28H40O11/c1-12-6-18-26(35,23(12)34)9-15(11-37-24-21(33)20(32)19(31)17(10-29)38-24)7-16-22-25(4,5)27(22,39-14(3)30)8-13(2)28(16,18)36/h6-7,13,16-22,24,29,31-33,35-36H,8-11H2,1-5H3/t13-,16+,17-,18-,19-,20+,21-,22-,24-,26-,27+,28-/m1/s1. The monoisotopic (exact) mass is 552 g/mol. The Morgan fingerprint density at radius 3 is 2.41 bits per heavy atom. The molecule has 12 atom stereocenters. The summed E-state index contributed by atoms with van der Waals surface area (Å²) < 4.78 is 17.2. The van der Waals surface area contributed by atoms with Crippen molar-refractivity contribution in [3.8, 4) is 0 Å². The van der Waals surface area contributed by atoms with Crippen LogP contribution in [0.1, 0.15) is 47.5 Å². The van der Waals surface area contributed by atoms with Crippen LogP contribution < -0.4 is 0 Å². The van der Waals surface area contributed by atoms with E-state index in [9.17, 15) is 40.2 Å². The van der Waals surface area contributed by atoms with Gasteiger partial charge >= 0.3 is 5.97 Å². The van der Waals surface area contributed by atoms with Gasteiger partial charge in [0.25, 0.3) is 0 Å². The summed E-state index contributed by atoms with van der Waals surface area (Å²) in [4.78, 5) is 25.4. The van der Waals surface area contributed by atoms with Gasteiger partial charge in [-0.3, -0.25) is 9.59 Å². The van der Waals surface area contributed by atoms with Crippen molar-refractivity contribution in [3.05, 3.63) is 23.3 Å². The number of Topliss-reactive ketones (excluding diaryl/α,β-unsaturated/α-hetero) is 1. The Morgan fingerprint density at radius 1 is 1.13 bits per heavy atom. The van der Waals surface area contributed by atoms with Crippen molar-refractivity contribution in [1.82, 2.24) is 0 Å². The number of rotatable bonds is 5. The van der Waals surface area contributed by atoms with Crippen LogP contribution in [0.25, 0.3) is 0 Å². The van der Waals surface area contributed by atoms with Crippen LogP contribution >= 0.6 is 0 Å². The number of hydrogen-bond acceptors (Lipinski definition) is 11. The first-order chi connectivity index (χ1) is 18.1. The Kier molecular flexibility index (Phi) is 6.76. The number of ketones is 1. The second-order valence-electron chi connectivity index (χ2n) is 12.8. The number of fused-ring (bicyclic) bond motifs is 5. The second kappa shape index (κ2) is 9.15. The zero-order valence-electron chi connectivity index (χ0n) is 22.9. The molecule has 3 fully saturated rings. The number of carbonyl (C=O) groups excluding carboxylic acids is 2. The van der Waals surface area contributed by atoms with Gasteiger partial charge in [-0.25, -0.2) is 0 Å². The zero-order chi connectivity index (χ0) is 28.9. The van der Waals surface area contributed by atoms with Crippen molar-refractivity contribution in [1.29, 1.82) is 0 Å². The SMILES string of the molecule is CC(=O)O[C@@]12C[C@@H](C)[C@@]3(O)[C@@H](C=C(CO[C@@H]4O[C@H](CO)[C@@H](O)[C@H](O)[C@H]4O)C[C@]4(O)C(=O)C(C)=C[C@@H]34)[C@@H]1C2(C)C. The van der Waals surface area contributed by atoms with Crippen LogP contribution in [0.2, 0.25) is 0 Å². The lowest BCUT2D eigenvalue weighted by atomic mass is 9.60. The fraction of sp³-hybridized carbons (Fsp3) is 0.786. The lowest BCUT2D eigenvalue weighted by Gasteiger charge is -2.50. The molecular formula is C28H40O11. The highest BCUT2D eigenvalue weighted by Gasteiger charge is 2.83. The molecule has 1 aliphatic heterocycles. The highest BCUT2D eigenvalue weighted by Crippen LogP contribution is 2.76. The van der Waals surface area contributed by atoms with Crippen molar-refractivity contribution >= 4 is 11.8 Å². The molecule has 1 heterocycles. The van der Waals surface area contributed by atoms with E-state index in [1.807, 2.05) is 20.8 Å². The number of esters is 1. The molecular weight excluding hydrogens is 512 g/mol. The molecule has 2 saturated carbocycles. The van der Waals surface area contributed by atoms with Crippen LogP contribution in [0.5, 0.6) is 0 Å². The van der Waals surface area contributed by atoms with E-state index in [2.05, 4.69) is 0 Å². The topological polar surface area (TPSA) is 183 Å².